The first kappa shape index (κ1) is 13.8. The van der Waals surface area contributed by atoms with Crippen LogP contribution in [0.5, 0.6) is 0 Å². The van der Waals surface area contributed by atoms with Crippen molar-refractivity contribution in [3.63, 3.8) is 0 Å². The predicted octanol–water partition coefficient (Wildman–Crippen LogP) is 2.02. The number of esters is 1. The van der Waals surface area contributed by atoms with E-state index in [4.69, 9.17) is 9.47 Å². The molecule has 1 N–H and O–H groups in total. The summed E-state index contributed by atoms with van der Waals surface area (Å²) < 4.78 is 10.8. The van der Waals surface area contributed by atoms with Gasteiger partial charge in [0.2, 0.25) is 0 Å². The Morgan fingerprint density at radius 1 is 1.22 bits per heavy atom. The monoisotopic (exact) mass is 255 g/mol. The van der Waals surface area contributed by atoms with E-state index in [0.717, 1.165) is 32.4 Å². The molecule has 2 heterocycles. The molecule has 0 radical (unpaired) electrons. The first-order chi connectivity index (χ1) is 8.84. The molecule has 0 aromatic heterocycles. The Labute approximate surface area is 109 Å². The van der Waals surface area contributed by atoms with Gasteiger partial charge in [-0.25, -0.2) is 0 Å². The van der Waals surface area contributed by atoms with Crippen LogP contribution in [0.15, 0.2) is 0 Å². The Morgan fingerprint density at radius 2 is 2.11 bits per heavy atom. The normalized spacial score (nSPS) is 28.9. The molecule has 0 saturated carbocycles. The van der Waals surface area contributed by atoms with E-state index in [9.17, 15) is 4.79 Å². The van der Waals surface area contributed by atoms with Crippen LogP contribution in [0.25, 0.3) is 0 Å². The van der Waals surface area contributed by atoms with Crippen molar-refractivity contribution < 1.29 is 14.3 Å². The first-order valence-electron chi connectivity index (χ1n) is 7.35. The van der Waals surface area contributed by atoms with Crippen molar-refractivity contribution in [2.45, 2.75) is 63.5 Å². The van der Waals surface area contributed by atoms with Crippen LogP contribution < -0.4 is 5.32 Å². The number of hydrogen-bond acceptors (Lipinski definition) is 4. The summed E-state index contributed by atoms with van der Waals surface area (Å²) >= 11 is 0. The molecule has 0 aliphatic carbocycles. The maximum atomic E-state index is 11.6. The molecule has 2 atom stereocenters. The Balaban J connectivity index is 1.54. The average Bonchev–Trinajstić information content (AvgIpc) is 2.45. The van der Waals surface area contributed by atoms with Crippen molar-refractivity contribution in [1.29, 1.82) is 0 Å². The molecule has 0 amide bonds. The fraction of sp³-hybridized carbons (Fsp3) is 0.929. The first-order valence-corrected chi connectivity index (χ1v) is 7.35. The second-order valence-electron chi connectivity index (χ2n) is 5.36. The molecule has 2 fully saturated rings. The SMILES string of the molecule is O=C(CCC1CCCCN1)OCC1CCCCO1. The van der Waals surface area contributed by atoms with Gasteiger partial charge in [0.15, 0.2) is 0 Å². The molecule has 0 bridgehead atoms. The number of carbonyl (C=O) groups excluding carboxylic acids is 1. The van der Waals surface area contributed by atoms with Gasteiger partial charge in [0.05, 0.1) is 6.10 Å². The molecular weight excluding hydrogens is 230 g/mol. The highest BCUT2D eigenvalue weighted by molar-refractivity contribution is 5.69. The third-order valence-corrected chi connectivity index (χ3v) is 3.81. The molecule has 0 aromatic rings. The lowest BCUT2D eigenvalue weighted by Crippen LogP contribution is -2.34. The highest BCUT2D eigenvalue weighted by atomic mass is 16.6. The van der Waals surface area contributed by atoms with Gasteiger partial charge in [-0.15, -0.1) is 0 Å². The van der Waals surface area contributed by atoms with Gasteiger partial charge >= 0.3 is 5.97 Å². The number of hydrogen-bond donors (Lipinski definition) is 1. The molecular formula is C14H25NO3. The van der Waals surface area contributed by atoms with Gasteiger partial charge in [0.25, 0.3) is 0 Å². The van der Waals surface area contributed by atoms with Gasteiger partial charge in [-0.1, -0.05) is 6.42 Å². The second kappa shape index (κ2) is 7.74. The van der Waals surface area contributed by atoms with Gasteiger partial charge in [0.1, 0.15) is 6.61 Å². The van der Waals surface area contributed by atoms with Gasteiger partial charge in [0, 0.05) is 19.1 Å². The summed E-state index contributed by atoms with van der Waals surface area (Å²) in [5.74, 6) is -0.0726. The highest BCUT2D eigenvalue weighted by Gasteiger charge is 2.17. The maximum Gasteiger partial charge on any atom is 0.305 e. The summed E-state index contributed by atoms with van der Waals surface area (Å²) in [6.07, 6.45) is 8.66. The van der Waals surface area contributed by atoms with Crippen molar-refractivity contribution in [3.8, 4) is 0 Å². The number of carbonyl (C=O) groups is 1. The molecule has 0 spiro atoms. The van der Waals surface area contributed by atoms with Gasteiger partial charge in [-0.3, -0.25) is 4.79 Å². The zero-order chi connectivity index (χ0) is 12.6. The van der Waals surface area contributed by atoms with E-state index < -0.39 is 0 Å². The zero-order valence-corrected chi connectivity index (χ0v) is 11.2. The van der Waals surface area contributed by atoms with Crippen molar-refractivity contribution in [3.05, 3.63) is 0 Å². The quantitative estimate of drug-likeness (QED) is 0.764. The fourth-order valence-corrected chi connectivity index (χ4v) is 2.66. The molecule has 2 aliphatic heterocycles. The number of rotatable bonds is 5. The van der Waals surface area contributed by atoms with Gasteiger partial charge < -0.3 is 14.8 Å². The summed E-state index contributed by atoms with van der Waals surface area (Å²) in [5, 5.41) is 3.45. The van der Waals surface area contributed by atoms with Crippen LogP contribution in [-0.2, 0) is 14.3 Å². The molecule has 2 aliphatic rings. The minimum atomic E-state index is -0.0726. The summed E-state index contributed by atoms with van der Waals surface area (Å²) in [4.78, 5) is 11.6. The number of piperidine rings is 1. The molecule has 2 saturated heterocycles. The van der Waals surface area contributed by atoms with Crippen LogP contribution in [0.1, 0.15) is 51.4 Å². The predicted molar refractivity (Wildman–Crippen MR) is 69.4 cm³/mol. The Kier molecular flexibility index (Phi) is 5.94. The molecule has 104 valence electrons. The fourth-order valence-electron chi connectivity index (χ4n) is 2.66. The summed E-state index contributed by atoms with van der Waals surface area (Å²) in [5.41, 5.74) is 0. The largest absolute Gasteiger partial charge is 0.463 e. The van der Waals surface area contributed by atoms with E-state index >= 15 is 0 Å². The van der Waals surface area contributed by atoms with E-state index in [1.54, 1.807) is 0 Å². The van der Waals surface area contributed by atoms with E-state index in [0.29, 0.717) is 19.1 Å². The minimum absolute atomic E-state index is 0.0726. The van der Waals surface area contributed by atoms with E-state index in [1.807, 2.05) is 0 Å². The lowest BCUT2D eigenvalue weighted by Gasteiger charge is -2.24. The van der Waals surface area contributed by atoms with Crippen LogP contribution in [0, 0.1) is 0 Å². The molecule has 2 rings (SSSR count). The third-order valence-electron chi connectivity index (χ3n) is 3.81. The van der Waals surface area contributed by atoms with Crippen molar-refractivity contribution in [2.24, 2.45) is 0 Å². The van der Waals surface area contributed by atoms with E-state index in [1.165, 1.54) is 25.7 Å². The number of ether oxygens (including phenoxy) is 2. The zero-order valence-electron chi connectivity index (χ0n) is 11.2. The van der Waals surface area contributed by atoms with Crippen LogP contribution in [0.3, 0.4) is 0 Å². The molecule has 4 heteroatoms. The van der Waals surface area contributed by atoms with Gasteiger partial charge in [-0.2, -0.15) is 0 Å². The van der Waals surface area contributed by atoms with Crippen molar-refractivity contribution >= 4 is 5.97 Å². The molecule has 4 nitrogen and oxygen atoms in total. The Hall–Kier alpha value is -0.610. The summed E-state index contributed by atoms with van der Waals surface area (Å²) in [7, 11) is 0. The second-order valence-corrected chi connectivity index (χ2v) is 5.36. The standard InChI is InChI=1S/C14H25NO3/c16-14(8-7-12-5-1-3-9-15-12)18-11-13-6-2-4-10-17-13/h12-13,15H,1-11H2. The van der Waals surface area contributed by atoms with E-state index in [2.05, 4.69) is 5.32 Å². The Morgan fingerprint density at radius 3 is 2.83 bits per heavy atom. The molecule has 18 heavy (non-hydrogen) atoms. The highest BCUT2D eigenvalue weighted by Crippen LogP contribution is 2.14. The molecule has 0 aromatic carbocycles. The summed E-state index contributed by atoms with van der Waals surface area (Å²) in [6.45, 7) is 2.35. The summed E-state index contributed by atoms with van der Waals surface area (Å²) in [6, 6.07) is 0.511. The topological polar surface area (TPSA) is 47.6 Å². The third kappa shape index (κ3) is 4.94. The van der Waals surface area contributed by atoms with Crippen molar-refractivity contribution in [2.75, 3.05) is 19.8 Å². The smallest absolute Gasteiger partial charge is 0.305 e. The Bertz CT molecular complexity index is 221. The lowest BCUT2D eigenvalue weighted by molar-refractivity contribution is -0.149. The lowest BCUT2D eigenvalue weighted by atomic mass is 10.0. The van der Waals surface area contributed by atoms with Crippen molar-refractivity contribution in [1.82, 2.24) is 5.32 Å². The number of nitrogens with one attached hydrogen (secondary N) is 1. The minimum Gasteiger partial charge on any atom is -0.463 e. The molecule has 2 unspecified atom stereocenters. The van der Waals surface area contributed by atoms with E-state index in [-0.39, 0.29) is 12.1 Å². The van der Waals surface area contributed by atoms with Gasteiger partial charge in [-0.05, 0) is 45.1 Å². The van der Waals surface area contributed by atoms with Crippen LogP contribution >= 0.6 is 0 Å². The maximum absolute atomic E-state index is 11.6. The van der Waals surface area contributed by atoms with Crippen LogP contribution in [-0.4, -0.2) is 37.9 Å². The van der Waals surface area contributed by atoms with Crippen LogP contribution in [0.2, 0.25) is 0 Å². The average molecular weight is 255 g/mol. The van der Waals surface area contributed by atoms with Crippen LogP contribution in [0.4, 0.5) is 0 Å².